The fraction of sp³-hybridized carbons (Fsp3) is 0.615. The van der Waals surface area contributed by atoms with Crippen LogP contribution in [0.25, 0.3) is 0 Å². The third-order valence-corrected chi connectivity index (χ3v) is 2.98. The predicted molar refractivity (Wildman–Crippen MR) is 73.8 cm³/mol. The summed E-state index contributed by atoms with van der Waals surface area (Å²) in [6.45, 7) is 6.09. The van der Waals surface area contributed by atoms with Crippen molar-refractivity contribution in [3.05, 3.63) is 23.7 Å². The smallest absolute Gasteiger partial charge is 0.289 e. The molecule has 1 aromatic rings. The van der Waals surface area contributed by atoms with E-state index in [9.17, 15) is 9.90 Å². The molecule has 0 unspecified atom stereocenters. The molecule has 0 aromatic carbocycles. The van der Waals surface area contributed by atoms with Crippen LogP contribution in [0.4, 0.5) is 0 Å². The van der Waals surface area contributed by atoms with E-state index in [0.29, 0.717) is 18.8 Å². The summed E-state index contributed by atoms with van der Waals surface area (Å²) in [6.07, 6.45) is 1.98. The van der Waals surface area contributed by atoms with Crippen molar-refractivity contribution in [1.82, 2.24) is 4.90 Å². The lowest BCUT2D eigenvalue weighted by molar-refractivity contribution is 0.0298. The first-order valence-electron chi connectivity index (χ1n) is 5.96. The van der Waals surface area contributed by atoms with Gasteiger partial charge in [0.15, 0.2) is 5.76 Å². The average molecular weight is 271 g/mol. The van der Waals surface area contributed by atoms with Gasteiger partial charge >= 0.3 is 0 Å². The first-order valence-corrected chi connectivity index (χ1v) is 7.36. The third kappa shape index (κ3) is 4.38. The summed E-state index contributed by atoms with van der Waals surface area (Å²) in [5, 5.41) is 9.78. The highest BCUT2D eigenvalue weighted by Gasteiger charge is 2.24. The molecule has 0 aliphatic rings. The zero-order valence-corrected chi connectivity index (χ0v) is 12.2. The molecule has 0 saturated carbocycles. The number of carbonyl (C=O) groups excluding carboxylic acids is 1. The quantitative estimate of drug-likeness (QED) is 0.863. The van der Waals surface area contributed by atoms with Crippen molar-refractivity contribution >= 4 is 17.7 Å². The Labute approximate surface area is 112 Å². The van der Waals surface area contributed by atoms with E-state index in [4.69, 9.17) is 4.42 Å². The Morgan fingerprint density at radius 3 is 2.67 bits per heavy atom. The lowest BCUT2D eigenvalue weighted by Gasteiger charge is -2.27. The molecule has 0 aliphatic carbocycles. The van der Waals surface area contributed by atoms with Gasteiger partial charge in [-0.2, -0.15) is 11.8 Å². The number of likely N-dealkylation sites (N-methyl/N-ethyl adjacent to an activating group) is 1. The first-order chi connectivity index (χ1) is 8.37. The van der Waals surface area contributed by atoms with E-state index in [1.165, 1.54) is 0 Å². The molecule has 4 nitrogen and oxygen atoms in total. The minimum atomic E-state index is -0.902. The van der Waals surface area contributed by atoms with Crippen LogP contribution in [0.1, 0.15) is 37.1 Å². The molecule has 1 N–H and O–H groups in total. The molecule has 0 atom stereocenters. The third-order valence-electron chi connectivity index (χ3n) is 2.41. The number of nitrogens with zero attached hydrogens (tertiary/aromatic N) is 1. The van der Waals surface area contributed by atoms with Crippen molar-refractivity contribution in [3.63, 3.8) is 0 Å². The Morgan fingerprint density at radius 1 is 1.50 bits per heavy atom. The van der Waals surface area contributed by atoms with Crippen molar-refractivity contribution in [2.24, 2.45) is 0 Å². The first kappa shape index (κ1) is 15.1. The van der Waals surface area contributed by atoms with Crippen LogP contribution in [-0.4, -0.2) is 40.9 Å². The van der Waals surface area contributed by atoms with E-state index >= 15 is 0 Å². The molecule has 0 radical (unpaired) electrons. The van der Waals surface area contributed by atoms with Gasteiger partial charge in [0.25, 0.3) is 5.91 Å². The van der Waals surface area contributed by atoms with E-state index in [1.54, 1.807) is 36.6 Å². The highest BCUT2D eigenvalue weighted by atomic mass is 32.2. The van der Waals surface area contributed by atoms with Gasteiger partial charge in [-0.05, 0) is 39.2 Å². The second-order valence-corrected chi connectivity index (χ2v) is 5.70. The topological polar surface area (TPSA) is 53.7 Å². The zero-order chi connectivity index (χ0) is 13.8. The second-order valence-electron chi connectivity index (χ2n) is 4.83. The molecule has 1 rings (SSSR count). The van der Waals surface area contributed by atoms with Crippen molar-refractivity contribution in [2.75, 3.05) is 19.3 Å². The molecule has 0 bridgehead atoms. The van der Waals surface area contributed by atoms with Crippen LogP contribution < -0.4 is 0 Å². The monoisotopic (exact) mass is 271 g/mol. The molecular formula is C13H21NO3S. The van der Waals surface area contributed by atoms with Crippen molar-refractivity contribution < 1.29 is 14.3 Å². The fourth-order valence-electron chi connectivity index (χ4n) is 1.66. The van der Waals surface area contributed by atoms with E-state index in [0.717, 1.165) is 11.5 Å². The number of hydrogen-bond acceptors (Lipinski definition) is 4. The molecule has 0 fully saturated rings. The van der Waals surface area contributed by atoms with Crippen molar-refractivity contribution in [3.8, 4) is 0 Å². The Balaban J connectivity index is 2.76. The van der Waals surface area contributed by atoms with Gasteiger partial charge in [-0.3, -0.25) is 4.79 Å². The Hall–Kier alpha value is -0.940. The van der Waals surface area contributed by atoms with Crippen LogP contribution in [0.5, 0.6) is 0 Å². The van der Waals surface area contributed by atoms with Crippen LogP contribution in [0.3, 0.4) is 0 Å². The number of amides is 1. The van der Waals surface area contributed by atoms with E-state index < -0.39 is 5.60 Å². The standard InChI is InChI=1S/C13H21NO3S/c1-5-14(9-13(2,3)16)12(15)11-7-6-10(17-11)8-18-4/h6-7,16H,5,8-9H2,1-4H3. The Bertz CT molecular complexity index is 395. The van der Waals surface area contributed by atoms with Gasteiger partial charge in [-0.15, -0.1) is 0 Å². The van der Waals surface area contributed by atoms with Gasteiger partial charge < -0.3 is 14.4 Å². The van der Waals surface area contributed by atoms with Crippen LogP contribution in [-0.2, 0) is 5.75 Å². The fourth-order valence-corrected chi connectivity index (χ4v) is 2.10. The van der Waals surface area contributed by atoms with Crippen LogP contribution in [0.15, 0.2) is 16.5 Å². The minimum Gasteiger partial charge on any atom is -0.455 e. The highest BCUT2D eigenvalue weighted by Crippen LogP contribution is 2.16. The second kappa shape index (κ2) is 6.29. The summed E-state index contributed by atoms with van der Waals surface area (Å²) >= 11 is 1.65. The number of hydrogen-bond donors (Lipinski definition) is 1. The molecule has 5 heteroatoms. The Morgan fingerprint density at radius 2 is 2.17 bits per heavy atom. The largest absolute Gasteiger partial charge is 0.455 e. The average Bonchev–Trinajstić information content (AvgIpc) is 2.73. The molecule has 0 aliphatic heterocycles. The normalized spacial score (nSPS) is 11.6. The summed E-state index contributed by atoms with van der Waals surface area (Å²) in [5.74, 6) is 1.72. The minimum absolute atomic E-state index is 0.174. The molecule has 1 amide bonds. The summed E-state index contributed by atoms with van der Waals surface area (Å²) in [7, 11) is 0. The summed E-state index contributed by atoms with van der Waals surface area (Å²) < 4.78 is 5.49. The molecular weight excluding hydrogens is 250 g/mol. The highest BCUT2D eigenvalue weighted by molar-refractivity contribution is 7.97. The van der Waals surface area contributed by atoms with E-state index in [-0.39, 0.29) is 5.91 Å². The van der Waals surface area contributed by atoms with Gasteiger partial charge in [-0.25, -0.2) is 0 Å². The molecule has 102 valence electrons. The lowest BCUT2D eigenvalue weighted by Crippen LogP contribution is -2.42. The molecule has 0 saturated heterocycles. The van der Waals surface area contributed by atoms with Gasteiger partial charge in [0.2, 0.25) is 0 Å². The van der Waals surface area contributed by atoms with Gasteiger partial charge in [0.1, 0.15) is 5.76 Å². The van der Waals surface area contributed by atoms with Gasteiger partial charge in [0.05, 0.1) is 11.4 Å². The van der Waals surface area contributed by atoms with Crippen molar-refractivity contribution in [1.29, 1.82) is 0 Å². The zero-order valence-electron chi connectivity index (χ0n) is 11.4. The molecule has 1 heterocycles. The Kier molecular flexibility index (Phi) is 5.28. The number of aliphatic hydroxyl groups is 1. The van der Waals surface area contributed by atoms with Gasteiger partial charge in [-0.1, -0.05) is 0 Å². The lowest BCUT2D eigenvalue weighted by atomic mass is 10.1. The number of thioether (sulfide) groups is 1. The number of carbonyl (C=O) groups is 1. The van der Waals surface area contributed by atoms with Crippen LogP contribution in [0.2, 0.25) is 0 Å². The molecule has 18 heavy (non-hydrogen) atoms. The number of rotatable bonds is 6. The van der Waals surface area contributed by atoms with Gasteiger partial charge in [0, 0.05) is 13.1 Å². The van der Waals surface area contributed by atoms with E-state index in [1.807, 2.05) is 19.2 Å². The maximum absolute atomic E-state index is 12.2. The molecule has 1 aromatic heterocycles. The number of furan rings is 1. The molecule has 0 spiro atoms. The summed E-state index contributed by atoms with van der Waals surface area (Å²) in [6, 6.07) is 3.52. The maximum Gasteiger partial charge on any atom is 0.289 e. The van der Waals surface area contributed by atoms with Crippen LogP contribution in [0, 0.1) is 0 Å². The maximum atomic E-state index is 12.2. The van der Waals surface area contributed by atoms with Crippen LogP contribution >= 0.6 is 11.8 Å². The summed E-state index contributed by atoms with van der Waals surface area (Å²) in [5.41, 5.74) is -0.902. The predicted octanol–water partition coefficient (Wildman–Crippen LogP) is 2.38. The van der Waals surface area contributed by atoms with Crippen molar-refractivity contribution in [2.45, 2.75) is 32.1 Å². The SMILES string of the molecule is CCN(CC(C)(C)O)C(=O)c1ccc(CSC)o1. The van der Waals surface area contributed by atoms with E-state index in [2.05, 4.69) is 0 Å². The summed E-state index contributed by atoms with van der Waals surface area (Å²) in [4.78, 5) is 13.8.